The molecule has 2 aromatic carbocycles. The molecule has 0 aliphatic rings. The molecule has 0 atom stereocenters. The molecule has 3 N–H and O–H groups in total. The second-order valence-electron chi connectivity index (χ2n) is 4.67. The molecule has 1 amide bonds. The van der Waals surface area contributed by atoms with Gasteiger partial charge in [0.25, 0.3) is 0 Å². The Bertz CT molecular complexity index is 568. The highest BCUT2D eigenvalue weighted by molar-refractivity contribution is 5.93. The number of primary amides is 1. The van der Waals surface area contributed by atoms with E-state index in [1.807, 2.05) is 12.1 Å². The van der Waals surface area contributed by atoms with E-state index in [2.05, 4.69) is 37.4 Å². The first-order valence-electron chi connectivity index (χ1n) is 6.27. The minimum atomic E-state index is -0.402. The van der Waals surface area contributed by atoms with Gasteiger partial charge in [0.05, 0.1) is 0 Å². The topological polar surface area (TPSA) is 55.1 Å². The summed E-state index contributed by atoms with van der Waals surface area (Å²) < 4.78 is 0. The van der Waals surface area contributed by atoms with Crippen LogP contribution in [0.25, 0.3) is 0 Å². The van der Waals surface area contributed by atoms with Crippen molar-refractivity contribution in [2.75, 3.05) is 5.32 Å². The summed E-state index contributed by atoms with van der Waals surface area (Å²) in [5.74, 6) is -0.402. The first-order chi connectivity index (χ1) is 9.08. The zero-order valence-electron chi connectivity index (χ0n) is 11.2. The second-order valence-corrected chi connectivity index (χ2v) is 4.67. The maximum absolute atomic E-state index is 11.0. The summed E-state index contributed by atoms with van der Waals surface area (Å²) in [6.45, 7) is 4.99. The fourth-order valence-corrected chi connectivity index (χ4v) is 2.07. The van der Waals surface area contributed by atoms with Crippen LogP contribution >= 0.6 is 0 Å². The number of carbonyl (C=O) groups excluding carboxylic acids is 1. The van der Waals surface area contributed by atoms with Gasteiger partial charge in [0.2, 0.25) is 5.91 Å². The van der Waals surface area contributed by atoms with Crippen LogP contribution in [0.1, 0.15) is 27.0 Å². The Balaban J connectivity index is 2.08. The van der Waals surface area contributed by atoms with Crippen molar-refractivity contribution in [3.8, 4) is 0 Å². The lowest BCUT2D eigenvalue weighted by atomic mass is 10.0. The Kier molecular flexibility index (Phi) is 3.85. The number of carbonyl (C=O) groups is 1. The minimum absolute atomic E-state index is 0.402. The number of benzene rings is 2. The van der Waals surface area contributed by atoms with E-state index in [1.165, 1.54) is 16.7 Å². The molecule has 0 aromatic heterocycles. The maximum atomic E-state index is 11.0. The predicted molar refractivity (Wildman–Crippen MR) is 78.2 cm³/mol. The quantitative estimate of drug-likeness (QED) is 0.881. The zero-order chi connectivity index (χ0) is 13.8. The van der Waals surface area contributed by atoms with Crippen molar-refractivity contribution in [2.24, 2.45) is 5.73 Å². The summed E-state index contributed by atoms with van der Waals surface area (Å²) in [5.41, 5.74) is 10.6. The average molecular weight is 254 g/mol. The Morgan fingerprint density at radius 2 is 1.63 bits per heavy atom. The van der Waals surface area contributed by atoms with Crippen LogP contribution in [0.2, 0.25) is 0 Å². The van der Waals surface area contributed by atoms with Crippen LogP contribution in [0.4, 0.5) is 5.69 Å². The van der Waals surface area contributed by atoms with E-state index in [4.69, 9.17) is 5.73 Å². The third-order valence-electron chi connectivity index (χ3n) is 3.28. The van der Waals surface area contributed by atoms with Crippen LogP contribution in [-0.4, -0.2) is 5.91 Å². The van der Waals surface area contributed by atoms with Gasteiger partial charge >= 0.3 is 0 Å². The maximum Gasteiger partial charge on any atom is 0.248 e. The number of nitrogens with one attached hydrogen (secondary N) is 1. The van der Waals surface area contributed by atoms with Crippen LogP contribution in [0.3, 0.4) is 0 Å². The van der Waals surface area contributed by atoms with Gasteiger partial charge in [-0.05, 0) is 54.8 Å². The first kappa shape index (κ1) is 13.1. The largest absolute Gasteiger partial charge is 0.381 e. The number of nitrogens with two attached hydrogens (primary N) is 1. The summed E-state index contributed by atoms with van der Waals surface area (Å²) in [6, 6.07) is 13.5. The van der Waals surface area contributed by atoms with Crippen molar-refractivity contribution in [3.63, 3.8) is 0 Å². The monoisotopic (exact) mass is 254 g/mol. The molecule has 0 heterocycles. The van der Waals surface area contributed by atoms with E-state index < -0.39 is 5.91 Å². The second kappa shape index (κ2) is 5.57. The number of anilines is 1. The van der Waals surface area contributed by atoms with Crippen LogP contribution in [0, 0.1) is 13.8 Å². The Hall–Kier alpha value is -2.29. The molecule has 98 valence electrons. The Labute approximate surface area is 113 Å². The predicted octanol–water partition coefficient (Wildman–Crippen LogP) is 3.01. The number of aryl methyl sites for hydroxylation is 2. The lowest BCUT2D eigenvalue weighted by Gasteiger charge is -2.12. The molecule has 0 saturated heterocycles. The van der Waals surface area contributed by atoms with E-state index in [1.54, 1.807) is 12.1 Å². The van der Waals surface area contributed by atoms with Gasteiger partial charge < -0.3 is 11.1 Å². The highest BCUT2D eigenvalue weighted by Gasteiger charge is 2.03. The molecule has 19 heavy (non-hydrogen) atoms. The third kappa shape index (κ3) is 3.13. The van der Waals surface area contributed by atoms with E-state index in [0.717, 1.165) is 12.2 Å². The molecule has 0 radical (unpaired) electrons. The normalized spacial score (nSPS) is 10.2. The fraction of sp³-hybridized carbons (Fsp3) is 0.188. The Morgan fingerprint density at radius 1 is 1.05 bits per heavy atom. The van der Waals surface area contributed by atoms with Crippen molar-refractivity contribution >= 4 is 11.6 Å². The van der Waals surface area contributed by atoms with Crippen molar-refractivity contribution in [1.29, 1.82) is 0 Å². The van der Waals surface area contributed by atoms with Gasteiger partial charge in [-0.25, -0.2) is 0 Å². The van der Waals surface area contributed by atoms with Gasteiger partial charge in [-0.15, -0.1) is 0 Å². The molecule has 2 rings (SSSR count). The molecule has 0 aliphatic carbocycles. The molecule has 0 saturated carbocycles. The standard InChI is InChI=1S/C16H18N2O/c1-11-4-3-5-12(2)15(11)10-18-14-8-6-13(7-9-14)16(17)19/h3-9,18H,10H2,1-2H3,(H2,17,19). The van der Waals surface area contributed by atoms with Crippen molar-refractivity contribution in [3.05, 3.63) is 64.7 Å². The van der Waals surface area contributed by atoms with Crippen molar-refractivity contribution in [1.82, 2.24) is 0 Å². The highest BCUT2D eigenvalue weighted by Crippen LogP contribution is 2.16. The SMILES string of the molecule is Cc1cccc(C)c1CNc1ccc(C(N)=O)cc1. The lowest BCUT2D eigenvalue weighted by molar-refractivity contribution is 0.100. The molecule has 0 unspecified atom stereocenters. The molecular weight excluding hydrogens is 236 g/mol. The molecular formula is C16H18N2O. The molecule has 0 aliphatic heterocycles. The molecule has 0 bridgehead atoms. The van der Waals surface area contributed by atoms with Gasteiger partial charge in [-0.3, -0.25) is 4.79 Å². The van der Waals surface area contributed by atoms with E-state index in [-0.39, 0.29) is 0 Å². The Morgan fingerprint density at radius 3 is 2.16 bits per heavy atom. The summed E-state index contributed by atoms with van der Waals surface area (Å²) in [6.07, 6.45) is 0. The number of rotatable bonds is 4. The average Bonchev–Trinajstić information content (AvgIpc) is 2.38. The van der Waals surface area contributed by atoms with Gasteiger partial charge in [0.15, 0.2) is 0 Å². The molecule has 0 spiro atoms. The molecule has 3 heteroatoms. The van der Waals surface area contributed by atoms with Crippen molar-refractivity contribution in [2.45, 2.75) is 20.4 Å². The van der Waals surface area contributed by atoms with Gasteiger partial charge in [-0.2, -0.15) is 0 Å². The van der Waals surface area contributed by atoms with E-state index in [9.17, 15) is 4.79 Å². The van der Waals surface area contributed by atoms with E-state index >= 15 is 0 Å². The molecule has 2 aromatic rings. The minimum Gasteiger partial charge on any atom is -0.381 e. The summed E-state index contributed by atoms with van der Waals surface area (Å²) in [7, 11) is 0. The van der Waals surface area contributed by atoms with Gasteiger partial charge in [-0.1, -0.05) is 18.2 Å². The van der Waals surface area contributed by atoms with Crippen molar-refractivity contribution < 1.29 is 4.79 Å². The summed E-state index contributed by atoms with van der Waals surface area (Å²) in [5, 5.41) is 3.36. The summed E-state index contributed by atoms with van der Waals surface area (Å²) >= 11 is 0. The zero-order valence-corrected chi connectivity index (χ0v) is 11.2. The van der Waals surface area contributed by atoms with Gasteiger partial charge in [0, 0.05) is 17.8 Å². The first-order valence-corrected chi connectivity index (χ1v) is 6.27. The highest BCUT2D eigenvalue weighted by atomic mass is 16.1. The fourth-order valence-electron chi connectivity index (χ4n) is 2.07. The van der Waals surface area contributed by atoms with Crippen LogP contribution < -0.4 is 11.1 Å². The van der Waals surface area contributed by atoms with Gasteiger partial charge in [0.1, 0.15) is 0 Å². The smallest absolute Gasteiger partial charge is 0.248 e. The number of hydrogen-bond donors (Lipinski definition) is 2. The molecule has 3 nitrogen and oxygen atoms in total. The number of amides is 1. The third-order valence-corrected chi connectivity index (χ3v) is 3.28. The number of hydrogen-bond acceptors (Lipinski definition) is 2. The lowest BCUT2D eigenvalue weighted by Crippen LogP contribution is -2.10. The van der Waals surface area contributed by atoms with Crippen LogP contribution in [0.5, 0.6) is 0 Å². The van der Waals surface area contributed by atoms with E-state index in [0.29, 0.717) is 5.56 Å². The van der Waals surface area contributed by atoms with Crippen LogP contribution in [0.15, 0.2) is 42.5 Å². The molecule has 0 fully saturated rings. The van der Waals surface area contributed by atoms with Crippen LogP contribution in [-0.2, 0) is 6.54 Å². The summed E-state index contributed by atoms with van der Waals surface area (Å²) in [4.78, 5) is 11.0.